The van der Waals surface area contributed by atoms with Crippen LogP contribution in [-0.4, -0.2) is 44.5 Å². The largest absolute Gasteiger partial charge is 0.543 e. The average molecular weight is 351 g/mol. The number of fused-ring (bicyclic) bond motifs is 1. The normalized spacial score (nSPS) is 23.0. The fourth-order valence-corrected chi connectivity index (χ4v) is 4.13. The van der Waals surface area contributed by atoms with Crippen molar-refractivity contribution in [3.05, 3.63) is 23.5 Å². The summed E-state index contributed by atoms with van der Waals surface area (Å²) in [6, 6.07) is 1.05. The van der Waals surface area contributed by atoms with E-state index in [1.807, 2.05) is 0 Å². The third-order valence-corrected chi connectivity index (χ3v) is 5.44. The first kappa shape index (κ1) is 16.5. The van der Waals surface area contributed by atoms with Crippen LogP contribution in [0.3, 0.4) is 0 Å². The van der Waals surface area contributed by atoms with Crippen LogP contribution in [0.15, 0.2) is 23.5 Å². The van der Waals surface area contributed by atoms with E-state index in [0.29, 0.717) is 17.1 Å². The zero-order chi connectivity index (χ0) is 17.6. The van der Waals surface area contributed by atoms with Crippen LogP contribution in [0.25, 0.3) is 0 Å². The molecule has 2 aliphatic rings. The maximum absolute atomic E-state index is 11.9. The van der Waals surface area contributed by atoms with E-state index >= 15 is 0 Å². The van der Waals surface area contributed by atoms with Crippen molar-refractivity contribution in [3.63, 3.8) is 0 Å². The molecule has 2 aliphatic heterocycles. The summed E-state index contributed by atoms with van der Waals surface area (Å²) in [6.07, 6.45) is 1.73. The summed E-state index contributed by atoms with van der Waals surface area (Å²) in [5.41, 5.74) is 6.18. The fourth-order valence-electron chi connectivity index (χ4n) is 2.85. The number of rotatable bonds is 4. The zero-order valence-electron chi connectivity index (χ0n) is 13.2. The highest BCUT2D eigenvalue weighted by Crippen LogP contribution is 2.39. The molecule has 3 N–H and O–H groups in total. The Morgan fingerprint density at radius 1 is 1.54 bits per heavy atom. The molecule has 1 saturated heterocycles. The number of anilines is 1. The number of nitrogens with two attached hydrogens (primary N) is 1. The molecule has 0 radical (unpaired) electrons. The molecule has 0 saturated carbocycles. The molecule has 0 bridgehead atoms. The molecule has 0 aromatic carbocycles. The Kier molecular flexibility index (Phi) is 4.10. The van der Waals surface area contributed by atoms with Gasteiger partial charge in [0.25, 0.3) is 0 Å². The van der Waals surface area contributed by atoms with E-state index in [0.717, 1.165) is 0 Å². The molecule has 0 spiro atoms. The average Bonchev–Trinajstić information content (AvgIpc) is 2.86. The van der Waals surface area contributed by atoms with E-state index in [1.165, 1.54) is 23.6 Å². The van der Waals surface area contributed by atoms with E-state index in [1.54, 1.807) is 28.7 Å². The van der Waals surface area contributed by atoms with Gasteiger partial charge >= 0.3 is 0 Å². The predicted octanol–water partition coefficient (Wildman–Crippen LogP) is -2.48. The van der Waals surface area contributed by atoms with E-state index in [9.17, 15) is 19.5 Å². The molecule has 9 nitrogen and oxygen atoms in total. The van der Waals surface area contributed by atoms with Crippen molar-refractivity contribution in [1.82, 2.24) is 9.58 Å². The van der Waals surface area contributed by atoms with Crippen molar-refractivity contribution in [1.29, 1.82) is 0 Å². The number of nitrogens with zero attached hydrogens (tertiary/aromatic N) is 3. The Bertz CT molecular complexity index is 771. The lowest BCUT2D eigenvalue weighted by molar-refractivity contribution is -0.765. The molecule has 2 atom stereocenters. The zero-order valence-corrected chi connectivity index (χ0v) is 14.0. The summed E-state index contributed by atoms with van der Waals surface area (Å²) < 4.78 is 3.44. The van der Waals surface area contributed by atoms with Gasteiger partial charge in [-0.25, -0.2) is 0 Å². The van der Waals surface area contributed by atoms with Crippen molar-refractivity contribution in [2.24, 2.45) is 12.8 Å². The van der Waals surface area contributed by atoms with Crippen molar-refractivity contribution in [3.8, 4) is 0 Å². The van der Waals surface area contributed by atoms with Gasteiger partial charge < -0.3 is 21.0 Å². The number of carbonyl (C=O) groups is 3. The van der Waals surface area contributed by atoms with Crippen LogP contribution in [0.5, 0.6) is 0 Å². The minimum atomic E-state index is -1.38. The first-order chi connectivity index (χ1) is 11.3. The van der Waals surface area contributed by atoms with Crippen LogP contribution >= 0.6 is 11.8 Å². The first-order valence-electron chi connectivity index (χ1n) is 7.28. The third kappa shape index (κ3) is 2.57. The Balaban J connectivity index is 1.91. The number of β-lactam (4-membered cyclic amide) rings is 1. The lowest BCUT2D eigenvalue weighted by Crippen LogP contribution is -2.69. The quantitative estimate of drug-likeness (QED) is 0.457. The van der Waals surface area contributed by atoms with Gasteiger partial charge in [-0.15, -0.1) is 21.1 Å². The summed E-state index contributed by atoms with van der Waals surface area (Å²) >= 11 is 1.44. The van der Waals surface area contributed by atoms with E-state index < -0.39 is 17.9 Å². The number of nitrogens with one attached hydrogen (secondary N) is 1. The van der Waals surface area contributed by atoms with E-state index in [4.69, 9.17) is 5.73 Å². The SMILES string of the molecule is CC(=O)Nc1cc[n+](CC2=C(C(=O)[O-])N3C(=O)[C@@H](N)[C@H]3SC2)n1C. The molecule has 1 fully saturated rings. The van der Waals surface area contributed by atoms with Gasteiger partial charge in [0.15, 0.2) is 18.6 Å². The van der Waals surface area contributed by atoms with Crippen LogP contribution < -0.4 is 20.8 Å². The molecule has 2 amide bonds. The van der Waals surface area contributed by atoms with Crippen molar-refractivity contribution in [2.45, 2.75) is 24.9 Å². The predicted molar refractivity (Wildman–Crippen MR) is 83.0 cm³/mol. The second-order valence-corrected chi connectivity index (χ2v) is 6.78. The standard InChI is InChI=1S/C14H17N5O4S/c1-7(20)16-9-3-4-18(17(9)2)5-8-6-24-13-10(15)12(21)19(13)11(8)14(22)23/h3-4,10,13H,5-6,15H2,1-2H3,(H,22,23)/t10-,13-/m1/s1. The molecule has 128 valence electrons. The van der Waals surface area contributed by atoms with Crippen LogP contribution in [0, 0.1) is 0 Å². The highest BCUT2D eigenvalue weighted by atomic mass is 32.2. The Hall–Kier alpha value is -2.33. The minimum absolute atomic E-state index is 0.0970. The van der Waals surface area contributed by atoms with Crippen LogP contribution in [0.2, 0.25) is 0 Å². The van der Waals surface area contributed by atoms with Crippen LogP contribution in [0.1, 0.15) is 6.92 Å². The van der Waals surface area contributed by atoms with Gasteiger partial charge in [-0.3, -0.25) is 14.5 Å². The van der Waals surface area contributed by atoms with Crippen molar-refractivity contribution < 1.29 is 24.2 Å². The topological polar surface area (TPSA) is 124 Å². The van der Waals surface area contributed by atoms with Crippen molar-refractivity contribution >= 4 is 35.4 Å². The molecule has 0 aliphatic carbocycles. The summed E-state index contributed by atoms with van der Waals surface area (Å²) in [7, 11) is 1.74. The number of carbonyl (C=O) groups excluding carboxylic acids is 3. The maximum atomic E-state index is 11.9. The molecule has 1 aromatic rings. The van der Waals surface area contributed by atoms with E-state index in [-0.39, 0.29) is 23.5 Å². The smallest absolute Gasteiger partial charge is 0.248 e. The van der Waals surface area contributed by atoms with Gasteiger partial charge in [0, 0.05) is 18.2 Å². The van der Waals surface area contributed by atoms with Gasteiger partial charge in [-0.05, 0) is 0 Å². The van der Waals surface area contributed by atoms with Gasteiger partial charge in [-0.2, -0.15) is 0 Å². The monoisotopic (exact) mass is 351 g/mol. The Morgan fingerprint density at radius 2 is 2.25 bits per heavy atom. The van der Waals surface area contributed by atoms with Crippen LogP contribution in [-0.2, 0) is 28.0 Å². The molecule has 24 heavy (non-hydrogen) atoms. The summed E-state index contributed by atoms with van der Waals surface area (Å²) in [6.45, 7) is 1.67. The first-order valence-corrected chi connectivity index (χ1v) is 8.32. The number of aliphatic carboxylic acids is 1. The second kappa shape index (κ2) is 5.95. The number of aromatic nitrogens is 2. The number of carboxylic acid groups (broad SMARTS) is 1. The lowest BCUT2D eigenvalue weighted by Gasteiger charge is -2.49. The molecule has 3 heterocycles. The molecule has 1 aromatic heterocycles. The number of carboxylic acids is 1. The number of hydrogen-bond donors (Lipinski definition) is 2. The van der Waals surface area contributed by atoms with Crippen molar-refractivity contribution in [2.75, 3.05) is 11.1 Å². The third-order valence-electron chi connectivity index (χ3n) is 4.08. The minimum Gasteiger partial charge on any atom is -0.543 e. The summed E-state index contributed by atoms with van der Waals surface area (Å²) in [4.78, 5) is 35.8. The van der Waals surface area contributed by atoms with Crippen LogP contribution in [0.4, 0.5) is 5.82 Å². The maximum Gasteiger partial charge on any atom is 0.248 e. The van der Waals surface area contributed by atoms with E-state index in [2.05, 4.69) is 5.32 Å². The van der Waals surface area contributed by atoms with Gasteiger partial charge in [0.1, 0.15) is 11.4 Å². The molecule has 3 rings (SSSR count). The highest BCUT2D eigenvalue weighted by Gasteiger charge is 2.50. The fraction of sp³-hybridized carbons (Fsp3) is 0.429. The highest BCUT2D eigenvalue weighted by molar-refractivity contribution is 8.00. The lowest BCUT2D eigenvalue weighted by atomic mass is 10.0. The van der Waals surface area contributed by atoms with Gasteiger partial charge in [-0.1, -0.05) is 0 Å². The number of thioether (sulfide) groups is 1. The second-order valence-electron chi connectivity index (χ2n) is 5.68. The van der Waals surface area contributed by atoms with Gasteiger partial charge in [0.05, 0.1) is 24.8 Å². The molecule has 10 heteroatoms. The summed E-state index contributed by atoms with van der Waals surface area (Å²) in [5, 5.41) is 13.9. The Morgan fingerprint density at radius 3 is 2.88 bits per heavy atom. The number of hydrogen-bond acceptors (Lipinski definition) is 6. The van der Waals surface area contributed by atoms with Gasteiger partial charge in [0.2, 0.25) is 11.8 Å². The summed E-state index contributed by atoms with van der Waals surface area (Å²) in [5.74, 6) is -0.957. The molecular weight excluding hydrogens is 334 g/mol. The Labute approximate surface area is 142 Å². The molecular formula is C14H17N5O4S. The number of amides is 2. The molecule has 0 unspecified atom stereocenters.